The van der Waals surface area contributed by atoms with Crippen LogP contribution in [0.15, 0.2) is 40.9 Å². The largest absolute Gasteiger partial charge is 0.462 e. The molecule has 3 heteroatoms. The second-order valence-electron chi connectivity index (χ2n) is 3.40. The fourth-order valence-electron chi connectivity index (χ4n) is 1.59. The third-order valence-electron chi connectivity index (χ3n) is 2.34. The highest BCUT2D eigenvalue weighted by molar-refractivity contribution is 9.10. The highest BCUT2D eigenvalue weighted by atomic mass is 79.9. The zero-order valence-corrected chi connectivity index (χ0v) is 10.5. The summed E-state index contributed by atoms with van der Waals surface area (Å²) in [5.41, 5.74) is 0.590. The van der Waals surface area contributed by atoms with E-state index in [9.17, 15) is 4.79 Å². The summed E-state index contributed by atoms with van der Waals surface area (Å²) >= 11 is 3.47. The van der Waals surface area contributed by atoms with Crippen LogP contribution >= 0.6 is 15.9 Å². The number of hydrogen-bond donors (Lipinski definition) is 0. The summed E-state index contributed by atoms with van der Waals surface area (Å²) in [6.07, 6.45) is 0. The number of fused-ring (bicyclic) bond motifs is 1. The zero-order chi connectivity index (χ0) is 11.5. The predicted octanol–water partition coefficient (Wildman–Crippen LogP) is 3.78. The lowest BCUT2D eigenvalue weighted by molar-refractivity contribution is 0.0526. The molecule has 2 aromatic carbocycles. The Morgan fingerprint density at radius 2 is 2.12 bits per heavy atom. The van der Waals surface area contributed by atoms with Crippen molar-refractivity contribution in [3.8, 4) is 0 Å². The molecule has 0 aliphatic rings. The molecule has 2 aromatic rings. The fourth-order valence-corrected chi connectivity index (χ4v) is 2.10. The maximum absolute atomic E-state index is 11.5. The summed E-state index contributed by atoms with van der Waals surface area (Å²) in [6, 6.07) is 11.4. The minimum atomic E-state index is -0.274. The van der Waals surface area contributed by atoms with Crippen LogP contribution in [0.25, 0.3) is 10.8 Å². The van der Waals surface area contributed by atoms with Gasteiger partial charge in [-0.3, -0.25) is 0 Å². The van der Waals surface area contributed by atoms with Gasteiger partial charge in [0.25, 0.3) is 0 Å². The first-order valence-corrected chi connectivity index (χ1v) is 5.87. The maximum Gasteiger partial charge on any atom is 0.338 e. The Morgan fingerprint density at radius 3 is 2.88 bits per heavy atom. The first kappa shape index (κ1) is 11.1. The van der Waals surface area contributed by atoms with Gasteiger partial charge in [0.2, 0.25) is 0 Å². The van der Waals surface area contributed by atoms with Gasteiger partial charge in [-0.25, -0.2) is 4.79 Å². The van der Waals surface area contributed by atoms with Crippen LogP contribution in [0.4, 0.5) is 0 Å². The van der Waals surface area contributed by atoms with Crippen molar-refractivity contribution in [1.29, 1.82) is 0 Å². The standard InChI is InChI=1S/C13H11BrO2/c1-2-16-13(15)10-6-7-11-9(8-10)4-3-5-12(11)14/h3-8H,2H2,1H3. The molecule has 0 heterocycles. The lowest BCUT2D eigenvalue weighted by atomic mass is 10.1. The van der Waals surface area contributed by atoms with E-state index in [1.54, 1.807) is 13.0 Å². The first-order chi connectivity index (χ1) is 7.72. The Labute approximate surface area is 102 Å². The van der Waals surface area contributed by atoms with Gasteiger partial charge in [0.15, 0.2) is 0 Å². The molecule has 0 radical (unpaired) electrons. The molecule has 0 atom stereocenters. The Bertz CT molecular complexity index is 534. The smallest absolute Gasteiger partial charge is 0.338 e. The van der Waals surface area contributed by atoms with E-state index in [2.05, 4.69) is 15.9 Å². The molecule has 0 bridgehead atoms. The molecule has 82 valence electrons. The first-order valence-electron chi connectivity index (χ1n) is 5.08. The summed E-state index contributed by atoms with van der Waals surface area (Å²) in [6.45, 7) is 2.20. The molecule has 0 spiro atoms. The minimum absolute atomic E-state index is 0.274. The maximum atomic E-state index is 11.5. The van der Waals surface area contributed by atoms with E-state index in [0.717, 1.165) is 15.2 Å². The molecule has 0 saturated heterocycles. The summed E-state index contributed by atoms with van der Waals surface area (Å²) in [4.78, 5) is 11.5. The molecule has 0 fully saturated rings. The van der Waals surface area contributed by atoms with Gasteiger partial charge in [-0.15, -0.1) is 0 Å². The average molecular weight is 279 g/mol. The summed E-state index contributed by atoms with van der Waals surface area (Å²) in [5.74, 6) is -0.274. The van der Waals surface area contributed by atoms with Crippen molar-refractivity contribution in [2.45, 2.75) is 6.92 Å². The lowest BCUT2D eigenvalue weighted by Gasteiger charge is -2.04. The third-order valence-corrected chi connectivity index (χ3v) is 3.03. The normalized spacial score (nSPS) is 10.4. The van der Waals surface area contributed by atoms with Gasteiger partial charge in [-0.05, 0) is 35.9 Å². The van der Waals surface area contributed by atoms with Gasteiger partial charge >= 0.3 is 5.97 Å². The minimum Gasteiger partial charge on any atom is -0.462 e. The molecular weight excluding hydrogens is 268 g/mol. The van der Waals surface area contributed by atoms with Gasteiger partial charge in [-0.1, -0.05) is 34.1 Å². The lowest BCUT2D eigenvalue weighted by Crippen LogP contribution is -2.04. The Hall–Kier alpha value is -1.35. The highest BCUT2D eigenvalue weighted by Gasteiger charge is 2.07. The number of ether oxygens (including phenoxy) is 1. The van der Waals surface area contributed by atoms with Crippen LogP contribution in [0.2, 0.25) is 0 Å². The Balaban J connectivity index is 2.48. The van der Waals surface area contributed by atoms with Gasteiger partial charge in [0.05, 0.1) is 12.2 Å². The zero-order valence-electron chi connectivity index (χ0n) is 8.87. The molecule has 0 saturated carbocycles. The van der Waals surface area contributed by atoms with Crippen molar-refractivity contribution in [3.05, 3.63) is 46.4 Å². The molecular formula is C13H11BrO2. The number of rotatable bonds is 2. The molecule has 0 unspecified atom stereocenters. The van der Waals surface area contributed by atoms with E-state index in [4.69, 9.17) is 4.74 Å². The second-order valence-corrected chi connectivity index (χ2v) is 4.25. The van der Waals surface area contributed by atoms with E-state index >= 15 is 0 Å². The molecule has 0 N–H and O–H groups in total. The SMILES string of the molecule is CCOC(=O)c1ccc2c(Br)cccc2c1. The number of carbonyl (C=O) groups is 1. The van der Waals surface area contributed by atoms with Gasteiger partial charge in [-0.2, -0.15) is 0 Å². The topological polar surface area (TPSA) is 26.3 Å². The van der Waals surface area contributed by atoms with Crippen molar-refractivity contribution < 1.29 is 9.53 Å². The highest BCUT2D eigenvalue weighted by Crippen LogP contribution is 2.24. The summed E-state index contributed by atoms with van der Waals surface area (Å²) < 4.78 is 5.98. The van der Waals surface area contributed by atoms with Crippen molar-refractivity contribution >= 4 is 32.7 Å². The molecule has 2 nitrogen and oxygen atoms in total. The number of carbonyl (C=O) groups excluding carboxylic acids is 1. The Morgan fingerprint density at radius 1 is 1.31 bits per heavy atom. The third kappa shape index (κ3) is 2.09. The predicted molar refractivity (Wildman–Crippen MR) is 67.6 cm³/mol. The summed E-state index contributed by atoms with van der Waals surface area (Å²) in [5, 5.41) is 2.12. The van der Waals surface area contributed by atoms with E-state index in [-0.39, 0.29) is 5.97 Å². The molecule has 2 rings (SSSR count). The molecule has 16 heavy (non-hydrogen) atoms. The van der Waals surface area contributed by atoms with Crippen LogP contribution in [0.1, 0.15) is 17.3 Å². The molecule has 0 aliphatic carbocycles. The monoisotopic (exact) mass is 278 g/mol. The fraction of sp³-hybridized carbons (Fsp3) is 0.154. The van der Waals surface area contributed by atoms with Gasteiger partial charge < -0.3 is 4.74 Å². The van der Waals surface area contributed by atoms with Crippen LogP contribution in [0.5, 0.6) is 0 Å². The number of esters is 1. The van der Waals surface area contributed by atoms with Crippen LogP contribution < -0.4 is 0 Å². The van der Waals surface area contributed by atoms with Crippen molar-refractivity contribution in [3.63, 3.8) is 0 Å². The molecule has 0 aliphatic heterocycles. The summed E-state index contributed by atoms with van der Waals surface area (Å²) in [7, 11) is 0. The van der Waals surface area contributed by atoms with E-state index in [1.807, 2.05) is 30.3 Å². The van der Waals surface area contributed by atoms with Crippen molar-refractivity contribution in [2.75, 3.05) is 6.61 Å². The second kappa shape index (κ2) is 4.66. The Kier molecular flexibility index (Phi) is 3.25. The van der Waals surface area contributed by atoms with Crippen molar-refractivity contribution in [1.82, 2.24) is 0 Å². The number of benzene rings is 2. The quantitative estimate of drug-likeness (QED) is 0.782. The van der Waals surface area contributed by atoms with Crippen LogP contribution in [0.3, 0.4) is 0 Å². The van der Waals surface area contributed by atoms with E-state index in [1.165, 1.54) is 0 Å². The number of halogens is 1. The van der Waals surface area contributed by atoms with Crippen LogP contribution in [0, 0.1) is 0 Å². The molecule has 0 aromatic heterocycles. The van der Waals surface area contributed by atoms with E-state index < -0.39 is 0 Å². The van der Waals surface area contributed by atoms with Crippen LogP contribution in [-0.4, -0.2) is 12.6 Å². The van der Waals surface area contributed by atoms with Crippen molar-refractivity contribution in [2.24, 2.45) is 0 Å². The average Bonchev–Trinajstić information content (AvgIpc) is 2.29. The molecule has 0 amide bonds. The van der Waals surface area contributed by atoms with Gasteiger partial charge in [0.1, 0.15) is 0 Å². The van der Waals surface area contributed by atoms with Crippen LogP contribution in [-0.2, 0) is 4.74 Å². The number of hydrogen-bond acceptors (Lipinski definition) is 2. The van der Waals surface area contributed by atoms with Gasteiger partial charge in [0, 0.05) is 4.47 Å². The van der Waals surface area contributed by atoms with E-state index in [0.29, 0.717) is 12.2 Å².